The molecule has 0 aromatic carbocycles. The molecule has 0 saturated heterocycles. The van der Waals surface area contributed by atoms with Gasteiger partial charge in [0.05, 0.1) is 18.7 Å². The Labute approximate surface area is 80.9 Å². The molecule has 0 bridgehead atoms. The standard InChI is InChI=1S/C9H10N4O/c1-5-3-6-4-11-13-8(10)7(6)9(12-5)14-2/h3-4H,1-2H3,(H2,10,13). The number of anilines is 1. The van der Waals surface area contributed by atoms with Crippen LogP contribution in [0.15, 0.2) is 12.3 Å². The Morgan fingerprint density at radius 3 is 2.93 bits per heavy atom. The van der Waals surface area contributed by atoms with Crippen LogP contribution >= 0.6 is 0 Å². The van der Waals surface area contributed by atoms with Crippen molar-refractivity contribution in [1.29, 1.82) is 0 Å². The summed E-state index contributed by atoms with van der Waals surface area (Å²) in [5.41, 5.74) is 6.55. The van der Waals surface area contributed by atoms with Gasteiger partial charge >= 0.3 is 0 Å². The van der Waals surface area contributed by atoms with E-state index in [-0.39, 0.29) is 0 Å². The maximum absolute atomic E-state index is 5.69. The molecule has 0 saturated carbocycles. The van der Waals surface area contributed by atoms with Gasteiger partial charge in [0, 0.05) is 11.1 Å². The van der Waals surface area contributed by atoms with Crippen LogP contribution in [-0.4, -0.2) is 22.3 Å². The lowest BCUT2D eigenvalue weighted by Gasteiger charge is -2.06. The number of hydrogen-bond acceptors (Lipinski definition) is 5. The number of ether oxygens (including phenoxy) is 1. The number of aryl methyl sites for hydroxylation is 1. The van der Waals surface area contributed by atoms with Gasteiger partial charge in [0.2, 0.25) is 5.88 Å². The van der Waals surface area contributed by atoms with Crippen molar-refractivity contribution < 1.29 is 4.74 Å². The van der Waals surface area contributed by atoms with Crippen LogP contribution in [0.1, 0.15) is 5.69 Å². The Hall–Kier alpha value is -1.91. The molecule has 14 heavy (non-hydrogen) atoms. The van der Waals surface area contributed by atoms with Crippen LogP contribution in [0.3, 0.4) is 0 Å². The number of nitrogen functional groups attached to an aromatic ring is 1. The van der Waals surface area contributed by atoms with Gasteiger partial charge in [-0.15, -0.1) is 5.10 Å². The molecule has 2 heterocycles. The second kappa shape index (κ2) is 3.10. The zero-order valence-corrected chi connectivity index (χ0v) is 7.98. The van der Waals surface area contributed by atoms with Crippen LogP contribution in [0, 0.1) is 6.92 Å². The summed E-state index contributed by atoms with van der Waals surface area (Å²) in [5, 5.41) is 9.13. The molecule has 2 rings (SSSR count). The minimum Gasteiger partial charge on any atom is -0.480 e. The largest absolute Gasteiger partial charge is 0.480 e. The first kappa shape index (κ1) is 8.68. The fraction of sp³-hybridized carbons (Fsp3) is 0.222. The maximum atomic E-state index is 5.69. The summed E-state index contributed by atoms with van der Waals surface area (Å²) in [5.74, 6) is 0.833. The number of nitrogens with two attached hydrogens (primary N) is 1. The predicted molar refractivity (Wildman–Crippen MR) is 53.0 cm³/mol. The van der Waals surface area contributed by atoms with Gasteiger partial charge in [-0.25, -0.2) is 4.98 Å². The summed E-state index contributed by atoms with van der Waals surface area (Å²) in [7, 11) is 1.56. The molecule has 0 fully saturated rings. The van der Waals surface area contributed by atoms with Gasteiger partial charge < -0.3 is 10.5 Å². The van der Waals surface area contributed by atoms with Gasteiger partial charge in [-0.3, -0.25) is 0 Å². The van der Waals surface area contributed by atoms with Gasteiger partial charge in [-0.1, -0.05) is 0 Å². The van der Waals surface area contributed by atoms with Crippen LogP contribution in [0.5, 0.6) is 5.88 Å². The average Bonchev–Trinajstić information content (AvgIpc) is 2.16. The number of aromatic nitrogens is 3. The third kappa shape index (κ3) is 1.22. The number of pyridine rings is 1. The normalized spacial score (nSPS) is 10.4. The van der Waals surface area contributed by atoms with Gasteiger partial charge in [0.1, 0.15) is 0 Å². The molecule has 0 unspecified atom stereocenters. The lowest BCUT2D eigenvalue weighted by Crippen LogP contribution is -1.99. The van der Waals surface area contributed by atoms with E-state index in [4.69, 9.17) is 10.5 Å². The summed E-state index contributed by atoms with van der Waals surface area (Å²) >= 11 is 0. The van der Waals surface area contributed by atoms with Crippen molar-refractivity contribution in [2.45, 2.75) is 6.92 Å². The highest BCUT2D eigenvalue weighted by Gasteiger charge is 2.08. The summed E-state index contributed by atoms with van der Waals surface area (Å²) in [4.78, 5) is 4.21. The molecule has 0 spiro atoms. The minimum atomic E-state index is 0.340. The zero-order valence-electron chi connectivity index (χ0n) is 7.98. The second-order valence-corrected chi connectivity index (χ2v) is 2.97. The lowest BCUT2D eigenvalue weighted by molar-refractivity contribution is 0.402. The van der Waals surface area contributed by atoms with Crippen LogP contribution in [-0.2, 0) is 0 Å². The summed E-state index contributed by atoms with van der Waals surface area (Å²) in [6.07, 6.45) is 1.64. The van der Waals surface area contributed by atoms with Crippen molar-refractivity contribution in [2.24, 2.45) is 0 Å². The third-order valence-corrected chi connectivity index (χ3v) is 1.96. The Morgan fingerprint density at radius 2 is 2.21 bits per heavy atom. The number of fused-ring (bicyclic) bond motifs is 1. The number of nitrogens with zero attached hydrogens (tertiary/aromatic N) is 3. The Bertz CT molecular complexity index is 483. The van der Waals surface area contributed by atoms with E-state index >= 15 is 0 Å². The SMILES string of the molecule is COc1nc(C)cc2cnnc(N)c12. The van der Waals surface area contributed by atoms with Crippen molar-refractivity contribution >= 4 is 16.6 Å². The molecule has 0 aliphatic rings. The first-order valence-corrected chi connectivity index (χ1v) is 4.15. The van der Waals surface area contributed by atoms with E-state index in [0.717, 1.165) is 11.1 Å². The van der Waals surface area contributed by atoms with Gasteiger partial charge in [0.25, 0.3) is 0 Å². The predicted octanol–water partition coefficient (Wildman–Crippen LogP) is 0.924. The smallest absolute Gasteiger partial charge is 0.225 e. The molecule has 5 nitrogen and oxygen atoms in total. The molecule has 5 heteroatoms. The monoisotopic (exact) mass is 190 g/mol. The molecule has 0 atom stereocenters. The second-order valence-electron chi connectivity index (χ2n) is 2.97. The van der Waals surface area contributed by atoms with E-state index in [1.807, 2.05) is 13.0 Å². The fourth-order valence-electron chi connectivity index (χ4n) is 1.38. The van der Waals surface area contributed by atoms with Crippen molar-refractivity contribution in [2.75, 3.05) is 12.8 Å². The first-order chi connectivity index (χ1) is 6.72. The Morgan fingerprint density at radius 1 is 1.43 bits per heavy atom. The molecule has 2 N–H and O–H groups in total. The highest BCUT2D eigenvalue weighted by atomic mass is 16.5. The summed E-state index contributed by atoms with van der Waals surface area (Å²) < 4.78 is 5.13. The highest BCUT2D eigenvalue weighted by molar-refractivity contribution is 5.94. The maximum Gasteiger partial charge on any atom is 0.225 e. The van der Waals surface area contributed by atoms with E-state index < -0.39 is 0 Å². The quantitative estimate of drug-likeness (QED) is 0.723. The van der Waals surface area contributed by atoms with Gasteiger partial charge in [-0.2, -0.15) is 5.10 Å². The van der Waals surface area contributed by atoms with E-state index in [2.05, 4.69) is 15.2 Å². The molecule has 72 valence electrons. The fourth-order valence-corrected chi connectivity index (χ4v) is 1.38. The molecule has 2 aromatic heterocycles. The summed E-state index contributed by atoms with van der Waals surface area (Å²) in [6, 6.07) is 1.89. The third-order valence-electron chi connectivity index (χ3n) is 1.96. The van der Waals surface area contributed by atoms with Crippen molar-refractivity contribution in [1.82, 2.24) is 15.2 Å². The van der Waals surface area contributed by atoms with Crippen LogP contribution in [0.2, 0.25) is 0 Å². The molecule has 0 radical (unpaired) electrons. The molecule has 0 aliphatic carbocycles. The lowest BCUT2D eigenvalue weighted by atomic mass is 10.2. The Kier molecular flexibility index (Phi) is 1.92. The highest BCUT2D eigenvalue weighted by Crippen LogP contribution is 2.26. The molecular formula is C9H10N4O. The van der Waals surface area contributed by atoms with Crippen molar-refractivity contribution in [3.8, 4) is 5.88 Å². The van der Waals surface area contributed by atoms with Gasteiger partial charge in [0.15, 0.2) is 5.82 Å². The number of rotatable bonds is 1. The van der Waals surface area contributed by atoms with Crippen molar-refractivity contribution in [3.05, 3.63) is 18.0 Å². The Balaban J connectivity index is 2.88. The number of hydrogen-bond donors (Lipinski definition) is 1. The molecule has 0 aliphatic heterocycles. The van der Waals surface area contributed by atoms with E-state index in [1.165, 1.54) is 0 Å². The van der Waals surface area contributed by atoms with E-state index in [9.17, 15) is 0 Å². The molecule has 0 amide bonds. The first-order valence-electron chi connectivity index (χ1n) is 4.15. The van der Waals surface area contributed by atoms with E-state index in [0.29, 0.717) is 17.1 Å². The van der Waals surface area contributed by atoms with Crippen LogP contribution in [0.25, 0.3) is 10.8 Å². The zero-order chi connectivity index (χ0) is 10.1. The molecule has 2 aromatic rings. The number of methoxy groups -OCH3 is 1. The topological polar surface area (TPSA) is 73.9 Å². The summed E-state index contributed by atoms with van der Waals surface area (Å²) in [6.45, 7) is 1.89. The van der Waals surface area contributed by atoms with E-state index in [1.54, 1.807) is 13.3 Å². The minimum absolute atomic E-state index is 0.340. The van der Waals surface area contributed by atoms with Gasteiger partial charge in [-0.05, 0) is 13.0 Å². The average molecular weight is 190 g/mol. The van der Waals surface area contributed by atoms with Crippen LogP contribution < -0.4 is 10.5 Å². The molecular weight excluding hydrogens is 180 g/mol. The van der Waals surface area contributed by atoms with Crippen molar-refractivity contribution in [3.63, 3.8) is 0 Å². The van der Waals surface area contributed by atoms with Crippen LogP contribution in [0.4, 0.5) is 5.82 Å².